The molecule has 28 heavy (non-hydrogen) atoms. The van der Waals surface area contributed by atoms with E-state index in [1.165, 1.54) is 11.1 Å². The summed E-state index contributed by atoms with van der Waals surface area (Å²) in [6, 6.07) is 17.7. The standard InChI is InChI=1S/C23H24N2O3/c1-16-19-14-23(13-12-21(19)28-25-16,17-8-4-3-5-9-17)15-24-22(26)18-10-6-7-11-20(18)27-2/h3-11H,12-15H2,1-2H3,(H,24,26). The van der Waals surface area contributed by atoms with Gasteiger partial charge in [0.2, 0.25) is 0 Å². The predicted molar refractivity (Wildman–Crippen MR) is 107 cm³/mol. The number of carbonyl (C=O) groups excluding carboxylic acids is 1. The van der Waals surface area contributed by atoms with Gasteiger partial charge in [0.25, 0.3) is 5.91 Å². The first kappa shape index (κ1) is 18.3. The predicted octanol–water partition coefficient (Wildman–Crippen LogP) is 3.85. The zero-order valence-electron chi connectivity index (χ0n) is 16.2. The van der Waals surface area contributed by atoms with Crippen LogP contribution in [0.15, 0.2) is 59.1 Å². The monoisotopic (exact) mass is 376 g/mol. The van der Waals surface area contributed by atoms with Crippen molar-refractivity contribution in [3.8, 4) is 5.75 Å². The van der Waals surface area contributed by atoms with Gasteiger partial charge in [0.15, 0.2) is 0 Å². The molecule has 3 aromatic rings. The number of aromatic nitrogens is 1. The Kier molecular flexibility index (Phi) is 4.90. The van der Waals surface area contributed by atoms with E-state index in [4.69, 9.17) is 9.26 Å². The quantitative estimate of drug-likeness (QED) is 0.735. The third-order valence-corrected chi connectivity index (χ3v) is 5.74. The van der Waals surface area contributed by atoms with Crippen molar-refractivity contribution in [1.29, 1.82) is 0 Å². The molecule has 1 aliphatic rings. The van der Waals surface area contributed by atoms with Crippen molar-refractivity contribution in [3.63, 3.8) is 0 Å². The van der Waals surface area contributed by atoms with E-state index < -0.39 is 0 Å². The van der Waals surface area contributed by atoms with E-state index >= 15 is 0 Å². The van der Waals surface area contributed by atoms with Crippen LogP contribution in [0.2, 0.25) is 0 Å². The molecule has 0 fully saturated rings. The summed E-state index contributed by atoms with van der Waals surface area (Å²) in [6.07, 6.45) is 2.51. The van der Waals surface area contributed by atoms with E-state index in [2.05, 4.69) is 34.7 Å². The number of benzene rings is 2. The second-order valence-corrected chi connectivity index (χ2v) is 7.38. The van der Waals surface area contributed by atoms with Gasteiger partial charge in [-0.25, -0.2) is 0 Å². The number of hydrogen-bond acceptors (Lipinski definition) is 4. The van der Waals surface area contributed by atoms with E-state index in [1.54, 1.807) is 19.2 Å². The minimum atomic E-state index is -0.192. The van der Waals surface area contributed by atoms with Crippen LogP contribution in [0.3, 0.4) is 0 Å². The summed E-state index contributed by atoms with van der Waals surface area (Å²) in [5.74, 6) is 1.43. The number of carbonyl (C=O) groups is 1. The Hall–Kier alpha value is -3.08. The lowest BCUT2D eigenvalue weighted by atomic mass is 9.68. The third kappa shape index (κ3) is 3.28. The molecule has 0 saturated heterocycles. The summed E-state index contributed by atoms with van der Waals surface area (Å²) in [7, 11) is 1.58. The van der Waals surface area contributed by atoms with Crippen molar-refractivity contribution in [1.82, 2.24) is 10.5 Å². The summed E-state index contributed by atoms with van der Waals surface area (Å²) >= 11 is 0. The fraction of sp³-hybridized carbons (Fsp3) is 0.304. The zero-order chi connectivity index (χ0) is 19.6. The second-order valence-electron chi connectivity index (χ2n) is 7.38. The Labute approximate surface area is 164 Å². The van der Waals surface area contributed by atoms with Crippen LogP contribution in [0.1, 0.15) is 39.4 Å². The fourth-order valence-electron chi connectivity index (χ4n) is 4.11. The molecule has 0 radical (unpaired) electrons. The molecular formula is C23H24N2O3. The number of nitrogens with zero attached hydrogens (tertiary/aromatic N) is 1. The van der Waals surface area contributed by atoms with Crippen molar-refractivity contribution in [2.24, 2.45) is 0 Å². The van der Waals surface area contributed by atoms with Crippen LogP contribution in [0.25, 0.3) is 0 Å². The summed E-state index contributed by atoms with van der Waals surface area (Å²) < 4.78 is 10.8. The Morgan fingerprint density at radius 3 is 2.71 bits per heavy atom. The molecule has 1 aliphatic carbocycles. The number of nitrogens with one attached hydrogen (secondary N) is 1. The summed E-state index contributed by atoms with van der Waals surface area (Å²) in [4.78, 5) is 12.9. The minimum absolute atomic E-state index is 0.124. The molecular weight excluding hydrogens is 352 g/mol. The number of rotatable bonds is 5. The number of aryl methyl sites for hydroxylation is 2. The molecule has 1 N–H and O–H groups in total. The molecule has 1 unspecified atom stereocenters. The summed E-state index contributed by atoms with van der Waals surface area (Å²) in [5.41, 5.74) is 3.68. The van der Waals surface area contributed by atoms with Gasteiger partial charge >= 0.3 is 0 Å². The highest BCUT2D eigenvalue weighted by atomic mass is 16.5. The van der Waals surface area contributed by atoms with Gasteiger partial charge in [0.1, 0.15) is 11.5 Å². The molecule has 5 nitrogen and oxygen atoms in total. The number of para-hydroxylation sites is 1. The molecule has 5 heteroatoms. The number of methoxy groups -OCH3 is 1. The molecule has 2 aromatic carbocycles. The van der Waals surface area contributed by atoms with Crippen molar-refractivity contribution in [2.75, 3.05) is 13.7 Å². The Balaban J connectivity index is 1.63. The van der Waals surface area contributed by atoms with Crippen molar-refractivity contribution in [2.45, 2.75) is 31.6 Å². The van der Waals surface area contributed by atoms with Crippen LogP contribution in [0, 0.1) is 6.92 Å². The van der Waals surface area contributed by atoms with Crippen LogP contribution >= 0.6 is 0 Å². The maximum Gasteiger partial charge on any atom is 0.255 e. The maximum atomic E-state index is 12.9. The van der Waals surface area contributed by atoms with Crippen LogP contribution in [-0.2, 0) is 18.3 Å². The lowest BCUT2D eigenvalue weighted by Crippen LogP contribution is -2.44. The number of ether oxygens (including phenoxy) is 1. The number of amides is 1. The molecule has 1 atom stereocenters. The largest absolute Gasteiger partial charge is 0.496 e. The number of fused-ring (bicyclic) bond motifs is 1. The molecule has 144 valence electrons. The normalized spacial score (nSPS) is 18.4. The molecule has 0 bridgehead atoms. The molecule has 0 aliphatic heterocycles. The smallest absolute Gasteiger partial charge is 0.255 e. The molecule has 1 amide bonds. The number of hydrogen-bond donors (Lipinski definition) is 1. The first-order chi connectivity index (χ1) is 13.6. The summed E-state index contributed by atoms with van der Waals surface area (Å²) in [6.45, 7) is 2.52. The molecule has 0 spiro atoms. The molecule has 4 rings (SSSR count). The van der Waals surface area contributed by atoms with E-state index in [1.807, 2.05) is 25.1 Å². The van der Waals surface area contributed by atoms with E-state index in [0.717, 1.165) is 30.7 Å². The lowest BCUT2D eigenvalue weighted by molar-refractivity contribution is 0.0937. The fourth-order valence-corrected chi connectivity index (χ4v) is 4.11. The van der Waals surface area contributed by atoms with Gasteiger partial charge in [-0.05, 0) is 37.5 Å². The second kappa shape index (κ2) is 7.50. The van der Waals surface area contributed by atoms with Gasteiger partial charge in [0.05, 0.1) is 18.4 Å². The average molecular weight is 376 g/mol. The van der Waals surface area contributed by atoms with E-state index in [-0.39, 0.29) is 11.3 Å². The summed E-state index contributed by atoms with van der Waals surface area (Å²) in [5, 5.41) is 7.30. The van der Waals surface area contributed by atoms with Crippen molar-refractivity contribution < 1.29 is 14.1 Å². The lowest BCUT2D eigenvalue weighted by Gasteiger charge is -2.37. The van der Waals surface area contributed by atoms with Crippen molar-refractivity contribution >= 4 is 5.91 Å². The van der Waals surface area contributed by atoms with Gasteiger partial charge in [-0.3, -0.25) is 4.79 Å². The van der Waals surface area contributed by atoms with Gasteiger partial charge < -0.3 is 14.6 Å². The van der Waals surface area contributed by atoms with Gasteiger partial charge in [-0.1, -0.05) is 47.6 Å². The molecule has 1 aromatic heterocycles. The van der Waals surface area contributed by atoms with Crippen molar-refractivity contribution in [3.05, 3.63) is 82.7 Å². The van der Waals surface area contributed by atoms with Gasteiger partial charge in [-0.15, -0.1) is 0 Å². The Bertz CT molecular complexity index is 981. The zero-order valence-corrected chi connectivity index (χ0v) is 16.2. The topological polar surface area (TPSA) is 64.4 Å². The SMILES string of the molecule is COc1ccccc1C(=O)NCC1(c2ccccc2)CCc2onc(C)c2C1. The minimum Gasteiger partial charge on any atom is -0.496 e. The maximum absolute atomic E-state index is 12.9. The third-order valence-electron chi connectivity index (χ3n) is 5.74. The first-order valence-electron chi connectivity index (χ1n) is 9.54. The van der Waals surface area contributed by atoms with Crippen LogP contribution in [-0.4, -0.2) is 24.7 Å². The van der Waals surface area contributed by atoms with E-state index in [9.17, 15) is 4.79 Å². The highest BCUT2D eigenvalue weighted by molar-refractivity contribution is 5.97. The average Bonchev–Trinajstić information content (AvgIpc) is 3.12. The molecule has 1 heterocycles. The van der Waals surface area contributed by atoms with Crippen LogP contribution in [0.4, 0.5) is 0 Å². The first-order valence-corrected chi connectivity index (χ1v) is 9.54. The van der Waals surface area contributed by atoms with Gasteiger partial charge in [0, 0.05) is 23.9 Å². The van der Waals surface area contributed by atoms with E-state index in [0.29, 0.717) is 17.9 Å². The van der Waals surface area contributed by atoms with Gasteiger partial charge in [-0.2, -0.15) is 0 Å². The highest BCUT2D eigenvalue weighted by Gasteiger charge is 2.39. The Morgan fingerprint density at radius 2 is 1.93 bits per heavy atom. The highest BCUT2D eigenvalue weighted by Crippen LogP contribution is 2.39. The Morgan fingerprint density at radius 1 is 1.18 bits per heavy atom. The van der Waals surface area contributed by atoms with Crippen LogP contribution in [0.5, 0.6) is 5.75 Å². The van der Waals surface area contributed by atoms with Crippen LogP contribution < -0.4 is 10.1 Å². The molecule has 0 saturated carbocycles.